The van der Waals surface area contributed by atoms with Gasteiger partial charge in [-0.15, -0.1) is 0 Å². The van der Waals surface area contributed by atoms with Gasteiger partial charge >= 0.3 is 11.9 Å². The number of hydrogen-bond acceptors (Lipinski definition) is 3. The van der Waals surface area contributed by atoms with Gasteiger partial charge in [0.25, 0.3) is 0 Å². The van der Waals surface area contributed by atoms with Crippen LogP contribution in [-0.2, 0) is 14.3 Å². The molecule has 29 heavy (non-hydrogen) atoms. The van der Waals surface area contributed by atoms with Crippen molar-refractivity contribution in [2.45, 2.75) is 115 Å². The van der Waals surface area contributed by atoms with Crippen LogP contribution in [0.3, 0.4) is 0 Å². The number of hydrogen-bond donors (Lipinski definition) is 2. The molecule has 5 nitrogen and oxygen atoms in total. The van der Waals surface area contributed by atoms with Gasteiger partial charge in [-0.3, -0.25) is 0 Å². The molecule has 2 aliphatic rings. The molecule has 1 fully saturated rings. The van der Waals surface area contributed by atoms with Gasteiger partial charge in [-0.25, -0.2) is 9.59 Å². The number of aliphatic carboxylic acids is 2. The van der Waals surface area contributed by atoms with Crippen LogP contribution in [0.2, 0.25) is 0 Å². The van der Waals surface area contributed by atoms with E-state index in [0.717, 1.165) is 44.1 Å². The molecule has 1 aliphatic heterocycles. The summed E-state index contributed by atoms with van der Waals surface area (Å²) >= 11 is 0. The highest BCUT2D eigenvalue weighted by molar-refractivity contribution is 6.02. The smallest absolute Gasteiger partial charge is 0.344 e. The Labute approximate surface area is 175 Å². The van der Waals surface area contributed by atoms with Crippen molar-refractivity contribution in [3.63, 3.8) is 0 Å². The average Bonchev–Trinajstić information content (AvgIpc) is 3.41. The van der Waals surface area contributed by atoms with Crippen LogP contribution in [0.25, 0.3) is 0 Å². The number of fused-ring (bicyclic) bond motifs is 1. The molecule has 0 aromatic carbocycles. The molecule has 2 atom stereocenters. The second-order valence-electron chi connectivity index (χ2n) is 8.50. The molecule has 2 rings (SSSR count). The number of carbonyl (C=O) groups is 2. The normalized spacial score (nSPS) is 25.2. The lowest BCUT2D eigenvalue weighted by molar-refractivity contribution is -0.144. The summed E-state index contributed by atoms with van der Waals surface area (Å²) in [7, 11) is 0. The molecule has 2 N–H and O–H groups in total. The van der Waals surface area contributed by atoms with E-state index < -0.39 is 23.1 Å². The minimum Gasteiger partial charge on any atom is -0.479 e. The van der Waals surface area contributed by atoms with Gasteiger partial charge in [0, 0.05) is 0 Å². The van der Waals surface area contributed by atoms with E-state index in [1.807, 2.05) is 6.08 Å². The third-order valence-corrected chi connectivity index (χ3v) is 6.33. The van der Waals surface area contributed by atoms with Crippen molar-refractivity contribution in [1.82, 2.24) is 0 Å². The van der Waals surface area contributed by atoms with Gasteiger partial charge in [-0.2, -0.15) is 0 Å². The van der Waals surface area contributed by atoms with Crippen LogP contribution >= 0.6 is 0 Å². The lowest BCUT2D eigenvalue weighted by Gasteiger charge is -2.23. The van der Waals surface area contributed by atoms with Crippen molar-refractivity contribution < 1.29 is 24.5 Å². The third-order valence-electron chi connectivity index (χ3n) is 6.33. The van der Waals surface area contributed by atoms with Gasteiger partial charge < -0.3 is 14.9 Å². The predicted molar refractivity (Wildman–Crippen MR) is 114 cm³/mol. The number of allylic oxidation sites excluding steroid dienone is 2. The minimum absolute atomic E-state index is 0.600. The van der Waals surface area contributed by atoms with Gasteiger partial charge in [0.15, 0.2) is 0 Å². The molecule has 2 unspecified atom stereocenters. The predicted octanol–water partition coefficient (Wildman–Crippen LogP) is 6.03. The maximum Gasteiger partial charge on any atom is 0.344 e. The maximum absolute atomic E-state index is 12.1. The van der Waals surface area contributed by atoms with Crippen molar-refractivity contribution >= 4 is 11.9 Å². The Morgan fingerprint density at radius 2 is 1.31 bits per heavy atom. The molecule has 0 radical (unpaired) electrons. The molecule has 164 valence electrons. The molecular formula is C24H38O5. The monoisotopic (exact) mass is 406 g/mol. The molecule has 0 aromatic rings. The maximum atomic E-state index is 12.1. The zero-order valence-electron chi connectivity index (χ0n) is 18.2. The highest BCUT2D eigenvalue weighted by atomic mass is 16.7. The molecule has 0 aromatic heterocycles. The fraction of sp³-hybridized carbons (Fsp3) is 0.750. The fourth-order valence-electron chi connectivity index (χ4n) is 4.54. The Morgan fingerprint density at radius 1 is 0.793 bits per heavy atom. The SMILES string of the molecule is CCCCCCCCC1=C(CCCCCCCC)C2(C(=O)O)OC2(C(=O)O)C=C1. The Hall–Kier alpha value is -1.62. The largest absolute Gasteiger partial charge is 0.479 e. The quantitative estimate of drug-likeness (QED) is 0.241. The first-order valence-corrected chi connectivity index (χ1v) is 11.5. The number of unbranched alkanes of at least 4 members (excludes halogenated alkanes) is 10. The summed E-state index contributed by atoms with van der Waals surface area (Å²) in [5.74, 6) is -2.39. The molecule has 1 heterocycles. The Kier molecular flexibility index (Phi) is 8.94. The molecule has 5 heteroatoms. The summed E-state index contributed by atoms with van der Waals surface area (Å²) in [6, 6.07) is 0. The van der Waals surface area contributed by atoms with Crippen molar-refractivity contribution in [3.05, 3.63) is 23.3 Å². The zero-order chi connectivity index (χ0) is 21.3. The van der Waals surface area contributed by atoms with E-state index in [1.54, 1.807) is 0 Å². The summed E-state index contributed by atoms with van der Waals surface area (Å²) in [6.07, 6.45) is 18.3. The summed E-state index contributed by atoms with van der Waals surface area (Å²) in [6.45, 7) is 4.38. The van der Waals surface area contributed by atoms with E-state index in [9.17, 15) is 19.8 Å². The van der Waals surface area contributed by atoms with Gasteiger partial charge in [-0.05, 0) is 42.9 Å². The van der Waals surface area contributed by atoms with Crippen LogP contribution in [0.5, 0.6) is 0 Å². The number of carboxylic acid groups (broad SMARTS) is 2. The Morgan fingerprint density at radius 3 is 1.83 bits per heavy atom. The minimum atomic E-state index is -1.72. The van der Waals surface area contributed by atoms with Gasteiger partial charge in [-0.1, -0.05) is 84.1 Å². The summed E-state index contributed by atoms with van der Waals surface area (Å²) in [4.78, 5) is 24.0. The summed E-state index contributed by atoms with van der Waals surface area (Å²) in [5, 5.41) is 19.6. The first-order chi connectivity index (χ1) is 14.0. The number of rotatable bonds is 16. The van der Waals surface area contributed by atoms with Gasteiger partial charge in [0.1, 0.15) is 0 Å². The number of epoxide rings is 1. The van der Waals surface area contributed by atoms with Crippen molar-refractivity contribution in [2.75, 3.05) is 0 Å². The third kappa shape index (κ3) is 5.11. The Balaban J connectivity index is 2.08. The second kappa shape index (κ2) is 11.0. The highest BCUT2D eigenvalue weighted by Crippen LogP contribution is 2.59. The van der Waals surface area contributed by atoms with Crippen LogP contribution in [0.4, 0.5) is 0 Å². The van der Waals surface area contributed by atoms with Gasteiger partial charge in [0.05, 0.1) is 0 Å². The van der Waals surface area contributed by atoms with Crippen LogP contribution in [0.1, 0.15) is 104 Å². The average molecular weight is 407 g/mol. The Bertz CT molecular complexity index is 635. The van der Waals surface area contributed by atoms with Crippen molar-refractivity contribution in [1.29, 1.82) is 0 Å². The van der Waals surface area contributed by atoms with Crippen LogP contribution < -0.4 is 0 Å². The fourth-order valence-corrected chi connectivity index (χ4v) is 4.54. The van der Waals surface area contributed by atoms with E-state index >= 15 is 0 Å². The topological polar surface area (TPSA) is 87.1 Å². The van der Waals surface area contributed by atoms with Crippen molar-refractivity contribution in [2.24, 2.45) is 0 Å². The van der Waals surface area contributed by atoms with Crippen LogP contribution in [0, 0.1) is 0 Å². The molecule has 0 spiro atoms. The van der Waals surface area contributed by atoms with Crippen molar-refractivity contribution in [3.8, 4) is 0 Å². The van der Waals surface area contributed by atoms with E-state index in [2.05, 4.69) is 13.8 Å². The summed E-state index contributed by atoms with van der Waals surface area (Å²) < 4.78 is 5.53. The number of ether oxygens (including phenoxy) is 1. The first kappa shape index (κ1) is 23.7. The molecule has 1 saturated heterocycles. The summed E-state index contributed by atoms with van der Waals surface area (Å²) in [5.41, 5.74) is -1.75. The van der Waals surface area contributed by atoms with E-state index in [4.69, 9.17) is 4.74 Å². The molecule has 1 aliphatic carbocycles. The molecule has 0 bridgehead atoms. The van der Waals surface area contributed by atoms with E-state index in [-0.39, 0.29) is 0 Å². The number of carboxylic acids is 2. The highest BCUT2D eigenvalue weighted by Gasteiger charge is 2.81. The van der Waals surface area contributed by atoms with Crippen LogP contribution in [-0.4, -0.2) is 33.4 Å². The van der Waals surface area contributed by atoms with Gasteiger partial charge in [0.2, 0.25) is 11.2 Å². The van der Waals surface area contributed by atoms with E-state index in [0.29, 0.717) is 12.0 Å². The van der Waals surface area contributed by atoms with E-state index in [1.165, 1.54) is 51.0 Å². The lowest BCUT2D eigenvalue weighted by atomic mass is 9.76. The zero-order valence-corrected chi connectivity index (χ0v) is 18.2. The molecular weight excluding hydrogens is 368 g/mol. The molecule has 0 amide bonds. The van der Waals surface area contributed by atoms with Crippen LogP contribution in [0.15, 0.2) is 23.3 Å². The first-order valence-electron chi connectivity index (χ1n) is 11.5. The lowest BCUT2D eigenvalue weighted by Crippen LogP contribution is -2.42. The standard InChI is InChI=1S/C24H38O5/c1-3-5-7-9-11-13-15-19-17-18-23(21(25)26)24(29-23,22(27)28)20(19)16-14-12-10-8-6-4-2/h17-18H,3-16H2,1-2H3,(H,25,26)(H,27,28). The second-order valence-corrected chi connectivity index (χ2v) is 8.50. The molecule has 0 saturated carbocycles.